The summed E-state index contributed by atoms with van der Waals surface area (Å²) in [5, 5.41) is 10.5. The van der Waals surface area contributed by atoms with Gasteiger partial charge in [0.25, 0.3) is 5.16 Å². The maximum atomic E-state index is 15.4. The maximum Gasteiger partial charge on any atom is 0.275 e. The first-order chi connectivity index (χ1) is 16.5. The highest BCUT2D eigenvalue weighted by molar-refractivity contribution is 7.91. The molecule has 0 bridgehead atoms. The van der Waals surface area contributed by atoms with Gasteiger partial charge in [0, 0.05) is 11.8 Å². The van der Waals surface area contributed by atoms with Crippen LogP contribution in [0.1, 0.15) is 57.8 Å². The fraction of sp³-hybridized carbons (Fsp3) is 0.708. The van der Waals surface area contributed by atoms with Gasteiger partial charge in [-0.15, -0.1) is 0 Å². The topological polar surface area (TPSA) is 96.2 Å². The molecular weight excluding hydrogens is 459 g/mol. The van der Waals surface area contributed by atoms with Crippen molar-refractivity contribution in [1.29, 1.82) is 0 Å². The van der Waals surface area contributed by atoms with Crippen molar-refractivity contribution in [3.8, 4) is 5.69 Å². The van der Waals surface area contributed by atoms with Gasteiger partial charge in [0.15, 0.2) is 6.29 Å². The molecule has 1 aromatic carbocycles. The first-order valence-electron chi connectivity index (χ1n) is 12.5. The van der Waals surface area contributed by atoms with E-state index in [1.165, 1.54) is 0 Å². The molecule has 8 nitrogen and oxygen atoms in total. The maximum absolute atomic E-state index is 15.4. The second-order valence-corrected chi connectivity index (χ2v) is 11.8. The predicted molar refractivity (Wildman–Crippen MR) is 122 cm³/mol. The van der Waals surface area contributed by atoms with E-state index in [-0.39, 0.29) is 6.29 Å². The van der Waals surface area contributed by atoms with E-state index in [1.54, 1.807) is 24.3 Å². The Morgan fingerprint density at radius 1 is 0.882 bits per heavy atom. The summed E-state index contributed by atoms with van der Waals surface area (Å²) < 4.78 is 54.3. The summed E-state index contributed by atoms with van der Waals surface area (Å²) in [5.74, 6) is 1.11. The van der Waals surface area contributed by atoms with Crippen LogP contribution in [0.2, 0.25) is 0 Å². The summed E-state index contributed by atoms with van der Waals surface area (Å²) in [6, 6.07) is 8.70. The number of alkyl halides is 1. The summed E-state index contributed by atoms with van der Waals surface area (Å²) in [5.41, 5.74) is -1.51. The molecule has 0 spiro atoms. The first kappa shape index (κ1) is 23.8. The number of ether oxygens (including phenoxy) is 2. The molecule has 2 saturated carbocycles. The molecule has 1 saturated heterocycles. The van der Waals surface area contributed by atoms with Crippen LogP contribution in [-0.4, -0.2) is 53.6 Å². The van der Waals surface area contributed by atoms with Gasteiger partial charge in [-0.1, -0.05) is 23.3 Å². The third kappa shape index (κ3) is 4.90. The molecule has 1 aromatic heterocycles. The molecule has 3 aliphatic rings. The number of para-hydroxylation sites is 1. The molecule has 0 amide bonds. The number of sulfone groups is 1. The van der Waals surface area contributed by atoms with Crippen molar-refractivity contribution < 1.29 is 22.3 Å². The normalized spacial score (nSPS) is 30.1. The molecule has 3 fully saturated rings. The molecule has 186 valence electrons. The van der Waals surface area contributed by atoms with Crippen molar-refractivity contribution >= 4 is 9.84 Å². The Labute approximate surface area is 200 Å². The van der Waals surface area contributed by atoms with Crippen LogP contribution in [0.15, 0.2) is 35.5 Å². The lowest BCUT2D eigenvalue weighted by atomic mass is 9.69. The number of halogens is 1. The minimum absolute atomic E-state index is 0.0460. The van der Waals surface area contributed by atoms with E-state index in [0.717, 1.165) is 62.8 Å². The standard InChI is InChI=1S/C24H33FN4O4S/c25-22(34(30,31)24-26-27-28-29(24)21-5-2-1-3-6-21)19-11-7-17(8-12-19)18-9-13-20(14-10-18)23-32-15-4-16-33-23/h1-3,5-6,17-20,22-23H,4,7-16H2. The molecular formula is C24H33FN4O4S. The first-order valence-corrected chi connectivity index (χ1v) is 14.0. The highest BCUT2D eigenvalue weighted by Gasteiger charge is 2.42. The van der Waals surface area contributed by atoms with E-state index >= 15 is 4.39 Å². The largest absolute Gasteiger partial charge is 0.352 e. The van der Waals surface area contributed by atoms with Gasteiger partial charge in [0.05, 0.1) is 18.9 Å². The van der Waals surface area contributed by atoms with Gasteiger partial charge in [0.2, 0.25) is 15.3 Å². The van der Waals surface area contributed by atoms with Crippen molar-refractivity contribution in [2.24, 2.45) is 23.7 Å². The zero-order valence-electron chi connectivity index (χ0n) is 19.3. The number of tetrazole rings is 1. The van der Waals surface area contributed by atoms with Crippen molar-refractivity contribution in [1.82, 2.24) is 20.2 Å². The third-order valence-electron chi connectivity index (χ3n) is 7.90. The lowest BCUT2D eigenvalue weighted by Gasteiger charge is -2.40. The van der Waals surface area contributed by atoms with Gasteiger partial charge in [-0.2, -0.15) is 4.68 Å². The number of nitrogens with zero attached hydrogens (tertiary/aromatic N) is 4. The molecule has 0 N–H and O–H groups in total. The molecule has 1 atom stereocenters. The minimum atomic E-state index is -4.30. The van der Waals surface area contributed by atoms with E-state index in [2.05, 4.69) is 15.5 Å². The van der Waals surface area contributed by atoms with Crippen LogP contribution in [0.3, 0.4) is 0 Å². The van der Waals surface area contributed by atoms with Crippen LogP contribution in [0.4, 0.5) is 4.39 Å². The van der Waals surface area contributed by atoms with Crippen molar-refractivity contribution in [2.75, 3.05) is 13.2 Å². The number of hydrogen-bond acceptors (Lipinski definition) is 7. The molecule has 0 radical (unpaired) electrons. The Morgan fingerprint density at radius 2 is 1.47 bits per heavy atom. The van der Waals surface area contributed by atoms with Gasteiger partial charge in [-0.05, 0) is 92.2 Å². The van der Waals surface area contributed by atoms with Crippen LogP contribution in [0.5, 0.6) is 0 Å². The Kier molecular flexibility index (Phi) is 7.27. The molecule has 5 rings (SSSR count). The average Bonchev–Trinajstić information content (AvgIpc) is 3.41. The Balaban J connectivity index is 1.17. The molecule has 1 unspecified atom stereocenters. The number of aromatic nitrogens is 4. The fourth-order valence-corrected chi connectivity index (χ4v) is 7.50. The molecule has 1 aliphatic heterocycles. The zero-order chi connectivity index (χ0) is 23.5. The molecule has 2 aromatic rings. The highest BCUT2D eigenvalue weighted by atomic mass is 32.2. The monoisotopic (exact) mass is 492 g/mol. The fourth-order valence-electron chi connectivity index (χ4n) is 5.99. The second kappa shape index (κ2) is 10.4. The van der Waals surface area contributed by atoms with E-state index in [0.29, 0.717) is 36.3 Å². The van der Waals surface area contributed by atoms with E-state index < -0.39 is 26.4 Å². The van der Waals surface area contributed by atoms with Crippen molar-refractivity contribution in [3.63, 3.8) is 0 Å². The van der Waals surface area contributed by atoms with Gasteiger partial charge in [0.1, 0.15) is 0 Å². The summed E-state index contributed by atoms with van der Waals surface area (Å²) in [6.45, 7) is 1.58. The molecule has 2 aliphatic carbocycles. The van der Waals surface area contributed by atoms with Crippen LogP contribution in [-0.2, 0) is 19.3 Å². The summed E-state index contributed by atoms with van der Waals surface area (Å²) in [7, 11) is -4.30. The van der Waals surface area contributed by atoms with Crippen LogP contribution in [0, 0.1) is 23.7 Å². The molecule has 10 heteroatoms. The smallest absolute Gasteiger partial charge is 0.275 e. The van der Waals surface area contributed by atoms with Gasteiger partial charge in [-0.25, -0.2) is 12.8 Å². The SMILES string of the molecule is O=S(=O)(c1nnnn1-c1ccccc1)C(F)C1CCC(C2CCC(C3OCCCO3)CC2)CC1. The quantitative estimate of drug-likeness (QED) is 0.599. The predicted octanol–water partition coefficient (Wildman–Crippen LogP) is 4.11. The van der Waals surface area contributed by atoms with Crippen molar-refractivity contribution in [3.05, 3.63) is 30.3 Å². The van der Waals surface area contributed by atoms with Crippen LogP contribution in [0.25, 0.3) is 5.69 Å². The van der Waals surface area contributed by atoms with E-state index in [9.17, 15) is 8.42 Å². The summed E-state index contributed by atoms with van der Waals surface area (Å²) in [4.78, 5) is 0. The van der Waals surface area contributed by atoms with Gasteiger partial charge >= 0.3 is 0 Å². The van der Waals surface area contributed by atoms with Crippen molar-refractivity contribution in [2.45, 2.75) is 74.7 Å². The Hall–Kier alpha value is -1.91. The highest BCUT2D eigenvalue weighted by Crippen LogP contribution is 2.44. The number of rotatable bonds is 6. The second-order valence-electron chi connectivity index (χ2n) is 9.92. The van der Waals surface area contributed by atoms with Gasteiger partial charge in [-0.3, -0.25) is 0 Å². The van der Waals surface area contributed by atoms with E-state index in [1.807, 2.05) is 6.07 Å². The Morgan fingerprint density at radius 3 is 2.12 bits per heavy atom. The summed E-state index contributed by atoms with van der Waals surface area (Å²) >= 11 is 0. The lowest BCUT2D eigenvalue weighted by molar-refractivity contribution is -0.211. The number of benzene rings is 1. The number of hydrogen-bond donors (Lipinski definition) is 0. The Bertz CT molecular complexity index is 1030. The summed E-state index contributed by atoms with van der Waals surface area (Å²) in [6.07, 6.45) is 8.33. The molecule has 2 heterocycles. The lowest BCUT2D eigenvalue weighted by Crippen LogP contribution is -2.36. The molecule has 34 heavy (non-hydrogen) atoms. The van der Waals surface area contributed by atoms with E-state index in [4.69, 9.17) is 9.47 Å². The zero-order valence-corrected chi connectivity index (χ0v) is 20.2. The van der Waals surface area contributed by atoms with Crippen LogP contribution < -0.4 is 0 Å². The third-order valence-corrected chi connectivity index (χ3v) is 9.64. The minimum Gasteiger partial charge on any atom is -0.352 e. The van der Waals surface area contributed by atoms with Crippen LogP contribution >= 0.6 is 0 Å². The average molecular weight is 493 g/mol. The van der Waals surface area contributed by atoms with Gasteiger partial charge < -0.3 is 9.47 Å².